The molecular weight excluding hydrogens is 400 g/mol. The van der Waals surface area contributed by atoms with Gasteiger partial charge in [-0.2, -0.15) is 0 Å². The van der Waals surface area contributed by atoms with Gasteiger partial charge < -0.3 is 19.7 Å². The third kappa shape index (κ3) is 3.69. The number of aromatic nitrogens is 1. The van der Waals surface area contributed by atoms with Crippen molar-refractivity contribution in [3.8, 4) is 11.3 Å². The van der Waals surface area contributed by atoms with Crippen LogP contribution < -0.4 is 4.90 Å². The van der Waals surface area contributed by atoms with Crippen LogP contribution in [0.2, 0.25) is 0 Å². The fraction of sp³-hybridized carbons (Fsp3) is 0.444. The Balaban J connectivity index is 1.82. The van der Waals surface area contributed by atoms with Crippen molar-refractivity contribution in [3.05, 3.63) is 53.6 Å². The highest BCUT2D eigenvalue weighted by molar-refractivity contribution is 5.99. The third-order valence-electron chi connectivity index (χ3n) is 7.29. The fourth-order valence-corrected chi connectivity index (χ4v) is 5.83. The Kier molecular flexibility index (Phi) is 5.92. The van der Waals surface area contributed by atoms with Gasteiger partial charge in [-0.15, -0.1) is 0 Å². The summed E-state index contributed by atoms with van der Waals surface area (Å²) in [5.74, 6) is -0.377. The first-order valence-electron chi connectivity index (χ1n) is 12.0. The van der Waals surface area contributed by atoms with Crippen LogP contribution >= 0.6 is 0 Å². The van der Waals surface area contributed by atoms with Gasteiger partial charge in [0.05, 0.1) is 17.9 Å². The van der Waals surface area contributed by atoms with Crippen LogP contribution in [0.1, 0.15) is 66.8 Å². The Labute approximate surface area is 189 Å². The van der Waals surface area contributed by atoms with E-state index in [4.69, 9.17) is 0 Å². The molecule has 0 spiro atoms. The highest BCUT2D eigenvalue weighted by Crippen LogP contribution is 2.46. The van der Waals surface area contributed by atoms with Crippen LogP contribution in [0.4, 0.5) is 5.69 Å². The molecule has 0 bridgehead atoms. The van der Waals surface area contributed by atoms with E-state index in [9.17, 15) is 15.0 Å². The highest BCUT2D eigenvalue weighted by Gasteiger charge is 2.29. The number of anilines is 1. The maximum absolute atomic E-state index is 11.8. The van der Waals surface area contributed by atoms with E-state index < -0.39 is 5.97 Å². The number of para-hydroxylation sites is 1. The zero-order valence-electron chi connectivity index (χ0n) is 18.6. The number of aromatic carboxylic acids is 1. The van der Waals surface area contributed by atoms with Crippen molar-refractivity contribution in [2.24, 2.45) is 0 Å². The molecule has 0 atom stereocenters. The van der Waals surface area contributed by atoms with E-state index in [1.54, 1.807) is 6.07 Å². The van der Waals surface area contributed by atoms with Crippen molar-refractivity contribution >= 4 is 22.6 Å². The summed E-state index contributed by atoms with van der Waals surface area (Å²) in [5.41, 5.74) is 6.43. The van der Waals surface area contributed by atoms with Gasteiger partial charge in [0.1, 0.15) is 0 Å². The average molecular weight is 433 g/mol. The number of carboxylic acid groups (broad SMARTS) is 1. The lowest BCUT2D eigenvalue weighted by atomic mass is 9.81. The van der Waals surface area contributed by atoms with E-state index >= 15 is 0 Å². The van der Waals surface area contributed by atoms with E-state index in [2.05, 4.69) is 33.7 Å². The maximum Gasteiger partial charge on any atom is 0.335 e. The molecule has 168 valence electrons. The van der Waals surface area contributed by atoms with Gasteiger partial charge in [-0.25, -0.2) is 4.79 Å². The summed E-state index contributed by atoms with van der Waals surface area (Å²) in [4.78, 5) is 14.1. The summed E-state index contributed by atoms with van der Waals surface area (Å²) in [6, 6.07) is 14.2. The second kappa shape index (κ2) is 8.99. The molecule has 1 aliphatic carbocycles. The standard InChI is InChI=1S/C27H32N2O3/c30-17-16-28-14-6-7-15-29-24-18-20(27(31)32)12-13-21(24)25(19-8-2-1-3-9-19)26(29)22-10-4-5-11-23(22)28/h4-5,10-13,18-19,30H,1-3,6-9,14-17H2,(H,31,32). The molecule has 2 aromatic carbocycles. The number of benzene rings is 2. The fourth-order valence-electron chi connectivity index (χ4n) is 5.83. The second-order valence-electron chi connectivity index (χ2n) is 9.22. The minimum atomic E-state index is -0.876. The quantitative estimate of drug-likeness (QED) is 0.559. The summed E-state index contributed by atoms with van der Waals surface area (Å²) in [6.07, 6.45) is 8.24. The van der Waals surface area contributed by atoms with Gasteiger partial charge in [0.15, 0.2) is 0 Å². The van der Waals surface area contributed by atoms with E-state index in [0.717, 1.165) is 31.4 Å². The number of nitrogens with zero attached hydrogens (tertiary/aromatic N) is 2. The minimum absolute atomic E-state index is 0.134. The van der Waals surface area contributed by atoms with E-state index in [0.29, 0.717) is 18.0 Å². The molecule has 1 aromatic heterocycles. The lowest BCUT2D eigenvalue weighted by Crippen LogP contribution is -2.28. The maximum atomic E-state index is 11.8. The van der Waals surface area contributed by atoms with Gasteiger partial charge in [-0.05, 0) is 55.4 Å². The molecule has 2 N–H and O–H groups in total. The molecule has 0 saturated heterocycles. The van der Waals surface area contributed by atoms with Crippen molar-refractivity contribution in [1.82, 2.24) is 4.57 Å². The smallest absolute Gasteiger partial charge is 0.335 e. The van der Waals surface area contributed by atoms with Crippen molar-refractivity contribution in [1.29, 1.82) is 0 Å². The molecule has 0 unspecified atom stereocenters. The predicted molar refractivity (Wildman–Crippen MR) is 129 cm³/mol. The molecule has 3 aromatic rings. The van der Waals surface area contributed by atoms with Crippen LogP contribution in [0.3, 0.4) is 0 Å². The molecule has 0 amide bonds. The Morgan fingerprint density at radius 3 is 2.53 bits per heavy atom. The number of hydrogen-bond acceptors (Lipinski definition) is 3. The normalized spacial score (nSPS) is 17.3. The Hall–Kier alpha value is -2.79. The highest BCUT2D eigenvalue weighted by atomic mass is 16.4. The molecule has 2 heterocycles. The molecule has 1 aliphatic heterocycles. The topological polar surface area (TPSA) is 65.7 Å². The molecular formula is C27H32N2O3. The van der Waals surface area contributed by atoms with Crippen molar-refractivity contribution < 1.29 is 15.0 Å². The molecule has 5 nitrogen and oxygen atoms in total. The predicted octanol–water partition coefficient (Wildman–Crippen LogP) is 5.65. The summed E-state index contributed by atoms with van der Waals surface area (Å²) in [6.45, 7) is 2.55. The number of rotatable bonds is 4. The second-order valence-corrected chi connectivity index (χ2v) is 9.22. The lowest BCUT2D eigenvalue weighted by Gasteiger charge is -2.28. The van der Waals surface area contributed by atoms with Crippen LogP contribution in [0, 0.1) is 0 Å². The van der Waals surface area contributed by atoms with Crippen LogP contribution in [-0.4, -0.2) is 40.4 Å². The van der Waals surface area contributed by atoms with Gasteiger partial charge in [-0.3, -0.25) is 0 Å². The number of fused-ring (bicyclic) bond motifs is 5. The molecule has 1 saturated carbocycles. The molecule has 0 radical (unpaired) electrons. The molecule has 1 fully saturated rings. The number of carbonyl (C=O) groups is 1. The molecule has 2 aliphatic rings. The van der Waals surface area contributed by atoms with Crippen molar-refractivity contribution in [2.75, 3.05) is 24.6 Å². The number of aryl methyl sites for hydroxylation is 1. The van der Waals surface area contributed by atoms with Gasteiger partial charge in [0, 0.05) is 41.8 Å². The zero-order chi connectivity index (χ0) is 22.1. The number of hydrogen-bond donors (Lipinski definition) is 2. The van der Waals surface area contributed by atoms with Crippen LogP contribution in [0.5, 0.6) is 0 Å². The van der Waals surface area contributed by atoms with Gasteiger partial charge in [0.2, 0.25) is 0 Å². The first-order chi connectivity index (χ1) is 15.7. The molecule has 32 heavy (non-hydrogen) atoms. The first-order valence-corrected chi connectivity index (χ1v) is 12.0. The van der Waals surface area contributed by atoms with Gasteiger partial charge in [0.25, 0.3) is 0 Å². The van der Waals surface area contributed by atoms with Crippen molar-refractivity contribution in [2.45, 2.75) is 57.4 Å². The van der Waals surface area contributed by atoms with E-state index in [1.165, 1.54) is 60.0 Å². The van der Waals surface area contributed by atoms with Gasteiger partial charge in [-0.1, -0.05) is 43.5 Å². The summed E-state index contributed by atoms with van der Waals surface area (Å²) >= 11 is 0. The average Bonchev–Trinajstić information content (AvgIpc) is 3.17. The Bertz CT molecular complexity index is 1130. The monoisotopic (exact) mass is 432 g/mol. The number of aliphatic hydroxyl groups is 1. The molecule has 5 heteroatoms. The Morgan fingerprint density at radius 2 is 1.75 bits per heavy atom. The molecule has 5 rings (SSSR count). The van der Waals surface area contributed by atoms with Gasteiger partial charge >= 0.3 is 5.97 Å². The lowest BCUT2D eigenvalue weighted by molar-refractivity contribution is 0.0697. The van der Waals surface area contributed by atoms with E-state index in [1.807, 2.05) is 12.1 Å². The SMILES string of the molecule is O=C(O)c1ccc2c(C3CCCCC3)c3n(c2c1)CCCCN(CCO)c1ccccc1-3. The zero-order valence-corrected chi connectivity index (χ0v) is 18.6. The van der Waals surface area contributed by atoms with Crippen LogP contribution in [0.25, 0.3) is 22.2 Å². The number of carboxylic acids is 1. The van der Waals surface area contributed by atoms with Crippen LogP contribution in [-0.2, 0) is 6.54 Å². The van der Waals surface area contributed by atoms with Crippen LogP contribution in [0.15, 0.2) is 42.5 Å². The summed E-state index contributed by atoms with van der Waals surface area (Å²) in [7, 11) is 0. The largest absolute Gasteiger partial charge is 0.478 e. The minimum Gasteiger partial charge on any atom is -0.478 e. The summed E-state index contributed by atoms with van der Waals surface area (Å²) < 4.78 is 2.40. The van der Waals surface area contributed by atoms with Crippen molar-refractivity contribution in [3.63, 3.8) is 0 Å². The number of β-amino-alcohol motifs (C(OH)–C–C–N with tert-alkyl or cyclic N) is 1. The first kappa shape index (κ1) is 21.1. The number of aliphatic hydroxyl groups excluding tert-OH is 1. The third-order valence-corrected chi connectivity index (χ3v) is 7.29. The summed E-state index contributed by atoms with van der Waals surface area (Å²) in [5, 5.41) is 20.6. The van der Waals surface area contributed by atoms with E-state index in [-0.39, 0.29) is 6.61 Å². The Morgan fingerprint density at radius 1 is 0.969 bits per heavy atom.